The molecular formula is C10H20N2. The smallest absolute Gasteiger partial charge is 0.0195 e. The maximum Gasteiger partial charge on any atom is 0.0195 e. The van der Waals surface area contributed by atoms with Gasteiger partial charge >= 0.3 is 0 Å². The highest BCUT2D eigenvalue weighted by molar-refractivity contribution is 4.92. The van der Waals surface area contributed by atoms with Crippen LogP contribution in [-0.4, -0.2) is 37.6 Å². The Morgan fingerprint density at radius 3 is 2.92 bits per heavy atom. The summed E-state index contributed by atoms with van der Waals surface area (Å²) < 4.78 is 0. The first-order valence-electron chi connectivity index (χ1n) is 4.75. The van der Waals surface area contributed by atoms with Crippen LogP contribution in [0.25, 0.3) is 0 Å². The van der Waals surface area contributed by atoms with E-state index in [0.717, 1.165) is 13.1 Å². The highest BCUT2D eigenvalue weighted by atomic mass is 15.1. The summed E-state index contributed by atoms with van der Waals surface area (Å²) in [4.78, 5) is 2.34. The Labute approximate surface area is 75.6 Å². The molecule has 2 heteroatoms. The summed E-state index contributed by atoms with van der Waals surface area (Å²) in [5.41, 5.74) is 1.25. The lowest BCUT2D eigenvalue weighted by Crippen LogP contribution is -2.35. The van der Waals surface area contributed by atoms with Crippen LogP contribution in [0, 0.1) is 0 Å². The van der Waals surface area contributed by atoms with Gasteiger partial charge in [-0.15, -0.1) is 0 Å². The molecule has 1 rings (SSSR count). The first-order valence-corrected chi connectivity index (χ1v) is 4.75. The molecule has 0 aromatic rings. The molecule has 1 fully saturated rings. The third-order valence-electron chi connectivity index (χ3n) is 2.23. The fourth-order valence-corrected chi connectivity index (χ4v) is 1.81. The van der Waals surface area contributed by atoms with Crippen molar-refractivity contribution in [2.45, 2.75) is 25.8 Å². The molecule has 0 radical (unpaired) electrons. The van der Waals surface area contributed by atoms with Gasteiger partial charge in [-0.2, -0.15) is 0 Å². The zero-order valence-corrected chi connectivity index (χ0v) is 8.27. The molecule has 0 aromatic carbocycles. The van der Waals surface area contributed by atoms with E-state index in [1.54, 1.807) is 0 Å². The predicted octanol–water partition coefficient (Wildman–Crippen LogP) is 1.25. The van der Waals surface area contributed by atoms with Crippen LogP contribution in [0.15, 0.2) is 12.2 Å². The SMILES string of the molecule is C=C(C)CN(C)CC1CCCN1. The van der Waals surface area contributed by atoms with Crippen molar-refractivity contribution in [2.75, 3.05) is 26.7 Å². The summed E-state index contributed by atoms with van der Waals surface area (Å²) in [6.07, 6.45) is 2.67. The van der Waals surface area contributed by atoms with E-state index < -0.39 is 0 Å². The first-order chi connectivity index (χ1) is 5.68. The Bertz CT molecular complexity index is 148. The monoisotopic (exact) mass is 168 g/mol. The number of hydrogen-bond donors (Lipinski definition) is 1. The van der Waals surface area contributed by atoms with E-state index in [1.165, 1.54) is 25.0 Å². The molecule has 0 spiro atoms. The average Bonchev–Trinajstić information content (AvgIpc) is 2.37. The Kier molecular flexibility index (Phi) is 3.76. The first kappa shape index (κ1) is 9.75. The molecule has 1 aliphatic rings. The van der Waals surface area contributed by atoms with Crippen molar-refractivity contribution in [1.29, 1.82) is 0 Å². The normalized spacial score (nSPS) is 23.4. The molecule has 0 aliphatic carbocycles. The fourth-order valence-electron chi connectivity index (χ4n) is 1.81. The highest BCUT2D eigenvalue weighted by Crippen LogP contribution is 2.06. The third-order valence-corrected chi connectivity index (χ3v) is 2.23. The second kappa shape index (κ2) is 4.63. The van der Waals surface area contributed by atoms with Crippen LogP contribution in [0.1, 0.15) is 19.8 Å². The van der Waals surface area contributed by atoms with E-state index in [2.05, 4.69) is 30.8 Å². The third kappa shape index (κ3) is 3.37. The standard InChI is InChI=1S/C10H20N2/c1-9(2)7-12(3)8-10-5-4-6-11-10/h10-11H,1,4-8H2,2-3H3. The molecule has 70 valence electrons. The summed E-state index contributed by atoms with van der Waals surface area (Å²) in [5.74, 6) is 0. The summed E-state index contributed by atoms with van der Waals surface area (Å²) >= 11 is 0. The van der Waals surface area contributed by atoms with Crippen molar-refractivity contribution in [3.8, 4) is 0 Å². The van der Waals surface area contributed by atoms with Crippen LogP contribution in [0.3, 0.4) is 0 Å². The van der Waals surface area contributed by atoms with E-state index in [0.29, 0.717) is 6.04 Å². The van der Waals surface area contributed by atoms with E-state index >= 15 is 0 Å². The van der Waals surface area contributed by atoms with E-state index in [1.807, 2.05) is 0 Å². The van der Waals surface area contributed by atoms with E-state index in [4.69, 9.17) is 0 Å². The molecule has 0 amide bonds. The van der Waals surface area contributed by atoms with Crippen molar-refractivity contribution in [2.24, 2.45) is 0 Å². The maximum atomic E-state index is 3.91. The van der Waals surface area contributed by atoms with Gasteiger partial charge < -0.3 is 10.2 Å². The van der Waals surface area contributed by atoms with E-state index in [-0.39, 0.29) is 0 Å². The Balaban J connectivity index is 2.16. The van der Waals surface area contributed by atoms with Crippen molar-refractivity contribution in [1.82, 2.24) is 10.2 Å². The second-order valence-corrected chi connectivity index (χ2v) is 3.95. The molecule has 2 nitrogen and oxygen atoms in total. The number of likely N-dealkylation sites (N-methyl/N-ethyl adjacent to an activating group) is 1. The van der Waals surface area contributed by atoms with Crippen LogP contribution in [-0.2, 0) is 0 Å². The molecule has 0 saturated carbocycles. The Morgan fingerprint density at radius 2 is 2.42 bits per heavy atom. The second-order valence-electron chi connectivity index (χ2n) is 3.95. The molecule has 12 heavy (non-hydrogen) atoms. The van der Waals surface area contributed by atoms with Gasteiger partial charge in [-0.25, -0.2) is 0 Å². The predicted molar refractivity (Wildman–Crippen MR) is 53.3 cm³/mol. The number of hydrogen-bond acceptors (Lipinski definition) is 2. The largest absolute Gasteiger partial charge is 0.313 e. The topological polar surface area (TPSA) is 15.3 Å². The Morgan fingerprint density at radius 1 is 1.67 bits per heavy atom. The van der Waals surface area contributed by atoms with Crippen molar-refractivity contribution < 1.29 is 0 Å². The minimum atomic E-state index is 0.717. The van der Waals surface area contributed by atoms with Gasteiger partial charge in [0, 0.05) is 19.1 Å². The van der Waals surface area contributed by atoms with Crippen LogP contribution < -0.4 is 5.32 Å². The van der Waals surface area contributed by atoms with Crippen molar-refractivity contribution >= 4 is 0 Å². The van der Waals surface area contributed by atoms with Gasteiger partial charge in [0.2, 0.25) is 0 Å². The van der Waals surface area contributed by atoms with Gasteiger partial charge in [0.25, 0.3) is 0 Å². The van der Waals surface area contributed by atoms with Gasteiger partial charge in [-0.05, 0) is 33.4 Å². The molecule has 1 heterocycles. The van der Waals surface area contributed by atoms with Gasteiger partial charge in [-0.3, -0.25) is 0 Å². The summed E-state index contributed by atoms with van der Waals surface area (Å²) in [6.45, 7) is 9.38. The zero-order valence-electron chi connectivity index (χ0n) is 8.27. The average molecular weight is 168 g/mol. The van der Waals surface area contributed by atoms with Gasteiger partial charge in [-0.1, -0.05) is 12.2 Å². The molecule has 1 unspecified atom stereocenters. The zero-order chi connectivity index (χ0) is 8.97. The van der Waals surface area contributed by atoms with Crippen LogP contribution in [0.4, 0.5) is 0 Å². The quantitative estimate of drug-likeness (QED) is 0.635. The number of nitrogens with zero attached hydrogens (tertiary/aromatic N) is 1. The minimum absolute atomic E-state index is 0.717. The number of nitrogens with one attached hydrogen (secondary N) is 1. The summed E-state index contributed by atoms with van der Waals surface area (Å²) in [7, 11) is 2.16. The molecule has 0 aromatic heterocycles. The summed E-state index contributed by atoms with van der Waals surface area (Å²) in [5, 5.41) is 3.49. The summed E-state index contributed by atoms with van der Waals surface area (Å²) in [6, 6.07) is 0.717. The van der Waals surface area contributed by atoms with Gasteiger partial charge in [0.1, 0.15) is 0 Å². The molecule has 1 aliphatic heterocycles. The minimum Gasteiger partial charge on any atom is -0.313 e. The maximum absolute atomic E-state index is 3.91. The van der Waals surface area contributed by atoms with Crippen molar-refractivity contribution in [3.63, 3.8) is 0 Å². The van der Waals surface area contributed by atoms with Gasteiger partial charge in [0.15, 0.2) is 0 Å². The van der Waals surface area contributed by atoms with Crippen LogP contribution >= 0.6 is 0 Å². The number of rotatable bonds is 4. The molecular weight excluding hydrogens is 148 g/mol. The highest BCUT2D eigenvalue weighted by Gasteiger charge is 2.15. The molecule has 1 atom stereocenters. The van der Waals surface area contributed by atoms with Crippen LogP contribution in [0.2, 0.25) is 0 Å². The molecule has 1 N–H and O–H groups in total. The van der Waals surface area contributed by atoms with Crippen LogP contribution in [0.5, 0.6) is 0 Å². The molecule has 1 saturated heterocycles. The Hall–Kier alpha value is -0.340. The van der Waals surface area contributed by atoms with Crippen molar-refractivity contribution in [3.05, 3.63) is 12.2 Å². The molecule has 0 bridgehead atoms. The lowest BCUT2D eigenvalue weighted by atomic mass is 10.2. The lowest BCUT2D eigenvalue weighted by Gasteiger charge is -2.20. The van der Waals surface area contributed by atoms with Gasteiger partial charge in [0.05, 0.1) is 0 Å². The lowest BCUT2D eigenvalue weighted by molar-refractivity contribution is 0.322. The van der Waals surface area contributed by atoms with E-state index in [9.17, 15) is 0 Å². The fraction of sp³-hybridized carbons (Fsp3) is 0.800.